The highest BCUT2D eigenvalue weighted by atomic mass is 32.2. The summed E-state index contributed by atoms with van der Waals surface area (Å²) in [6.07, 6.45) is 0. The number of carbonyl (C=O) groups excluding carboxylic acids is 1. The van der Waals surface area contributed by atoms with Crippen LogP contribution in [0.25, 0.3) is 22.1 Å². The molecule has 2 aromatic carbocycles. The molecule has 0 aliphatic heterocycles. The maximum absolute atomic E-state index is 12.8. The van der Waals surface area contributed by atoms with Crippen LogP contribution in [-0.4, -0.2) is 24.2 Å². The summed E-state index contributed by atoms with van der Waals surface area (Å²) in [5.41, 5.74) is 1.85. The molecule has 0 saturated heterocycles. The molecule has 0 spiro atoms. The fraction of sp³-hybridized carbons (Fsp3) is 0.158. The third kappa shape index (κ3) is 3.08. The van der Waals surface area contributed by atoms with Crippen LogP contribution in [-0.2, 0) is 0 Å². The van der Waals surface area contributed by atoms with Crippen LogP contribution in [0.1, 0.15) is 5.76 Å². The van der Waals surface area contributed by atoms with Gasteiger partial charge < -0.3 is 9.32 Å². The first-order valence-electron chi connectivity index (χ1n) is 7.49. The van der Waals surface area contributed by atoms with Gasteiger partial charge in [-0.3, -0.25) is 9.59 Å². The van der Waals surface area contributed by atoms with Crippen LogP contribution in [0.5, 0.6) is 0 Å². The SMILES string of the molecule is Cc1oc2cc(SC(=O)N(C)C)ccc2c(=O)c1-c1ccccc1. The smallest absolute Gasteiger partial charge is 0.285 e. The average Bonchev–Trinajstić information content (AvgIpc) is 2.55. The number of hydrogen-bond donors (Lipinski definition) is 0. The van der Waals surface area contributed by atoms with Crippen LogP contribution in [0.3, 0.4) is 0 Å². The van der Waals surface area contributed by atoms with Crippen molar-refractivity contribution in [1.82, 2.24) is 4.90 Å². The van der Waals surface area contributed by atoms with Crippen LogP contribution in [0.15, 0.2) is 62.6 Å². The van der Waals surface area contributed by atoms with E-state index in [2.05, 4.69) is 0 Å². The lowest BCUT2D eigenvalue weighted by atomic mass is 10.0. The molecule has 0 radical (unpaired) electrons. The van der Waals surface area contributed by atoms with Crippen molar-refractivity contribution in [3.8, 4) is 11.1 Å². The Morgan fingerprint density at radius 2 is 1.79 bits per heavy atom. The van der Waals surface area contributed by atoms with E-state index in [9.17, 15) is 9.59 Å². The summed E-state index contributed by atoms with van der Waals surface area (Å²) in [7, 11) is 3.40. The summed E-state index contributed by atoms with van der Waals surface area (Å²) in [4.78, 5) is 26.9. The number of nitrogens with zero attached hydrogens (tertiary/aromatic N) is 1. The molecular formula is C19H17NO3S. The van der Waals surface area contributed by atoms with Gasteiger partial charge in [0.05, 0.1) is 10.9 Å². The van der Waals surface area contributed by atoms with E-state index in [0.717, 1.165) is 22.2 Å². The number of amides is 1. The van der Waals surface area contributed by atoms with Gasteiger partial charge in [0, 0.05) is 19.0 Å². The van der Waals surface area contributed by atoms with Gasteiger partial charge in [-0.15, -0.1) is 0 Å². The van der Waals surface area contributed by atoms with E-state index in [1.54, 1.807) is 39.2 Å². The molecule has 4 nitrogen and oxygen atoms in total. The lowest BCUT2D eigenvalue weighted by Gasteiger charge is -2.10. The first kappa shape index (κ1) is 16.3. The number of hydrogen-bond acceptors (Lipinski definition) is 4. The van der Waals surface area contributed by atoms with E-state index >= 15 is 0 Å². The lowest BCUT2D eigenvalue weighted by Crippen LogP contribution is -2.16. The monoisotopic (exact) mass is 339 g/mol. The van der Waals surface area contributed by atoms with Crippen LogP contribution >= 0.6 is 11.8 Å². The fourth-order valence-corrected chi connectivity index (χ4v) is 3.17. The Hall–Kier alpha value is -2.53. The van der Waals surface area contributed by atoms with Crippen LogP contribution in [0.4, 0.5) is 4.79 Å². The molecule has 0 unspecified atom stereocenters. The van der Waals surface area contributed by atoms with E-state index in [4.69, 9.17) is 4.42 Å². The number of benzene rings is 2. The molecule has 0 N–H and O–H groups in total. The van der Waals surface area contributed by atoms with Crippen molar-refractivity contribution < 1.29 is 9.21 Å². The maximum atomic E-state index is 12.8. The Kier molecular flexibility index (Phi) is 4.44. The van der Waals surface area contributed by atoms with Gasteiger partial charge >= 0.3 is 0 Å². The normalized spacial score (nSPS) is 10.8. The van der Waals surface area contributed by atoms with Crippen molar-refractivity contribution in [2.75, 3.05) is 14.1 Å². The number of fused-ring (bicyclic) bond motifs is 1. The van der Waals surface area contributed by atoms with Crippen LogP contribution in [0.2, 0.25) is 0 Å². The standard InChI is InChI=1S/C19H17NO3S/c1-12-17(13-7-5-4-6-8-13)18(21)15-10-9-14(11-16(15)23-12)24-19(22)20(2)3/h4-11H,1-3H3. The molecule has 1 aromatic heterocycles. The molecule has 0 bridgehead atoms. The molecular weight excluding hydrogens is 322 g/mol. The molecule has 0 aliphatic rings. The van der Waals surface area contributed by atoms with Crippen molar-refractivity contribution in [2.24, 2.45) is 0 Å². The minimum Gasteiger partial charge on any atom is -0.460 e. The molecule has 3 rings (SSSR count). The van der Waals surface area contributed by atoms with E-state index in [1.165, 1.54) is 4.90 Å². The zero-order valence-electron chi connectivity index (χ0n) is 13.7. The average molecular weight is 339 g/mol. The number of rotatable bonds is 2. The number of thioether (sulfide) groups is 1. The Morgan fingerprint density at radius 1 is 1.08 bits per heavy atom. The molecule has 0 fully saturated rings. The van der Waals surface area contributed by atoms with Crippen molar-refractivity contribution in [2.45, 2.75) is 11.8 Å². The molecule has 0 saturated carbocycles. The van der Waals surface area contributed by atoms with Gasteiger partial charge in [0.15, 0.2) is 0 Å². The van der Waals surface area contributed by atoms with Gasteiger partial charge in [-0.1, -0.05) is 30.3 Å². The van der Waals surface area contributed by atoms with E-state index in [1.807, 2.05) is 30.3 Å². The fourth-order valence-electron chi connectivity index (χ4n) is 2.48. The van der Waals surface area contributed by atoms with E-state index in [0.29, 0.717) is 22.3 Å². The van der Waals surface area contributed by atoms with Crippen LogP contribution < -0.4 is 5.43 Å². The Balaban J connectivity index is 2.11. The third-order valence-corrected chi connectivity index (χ3v) is 4.70. The molecule has 1 heterocycles. The predicted molar refractivity (Wildman–Crippen MR) is 97.6 cm³/mol. The van der Waals surface area contributed by atoms with E-state index < -0.39 is 0 Å². The Labute approximate surface area is 144 Å². The van der Waals surface area contributed by atoms with Crippen molar-refractivity contribution in [3.63, 3.8) is 0 Å². The second kappa shape index (κ2) is 6.53. The summed E-state index contributed by atoms with van der Waals surface area (Å²) in [6, 6.07) is 14.7. The topological polar surface area (TPSA) is 50.5 Å². The summed E-state index contributed by atoms with van der Waals surface area (Å²) >= 11 is 1.10. The first-order valence-corrected chi connectivity index (χ1v) is 8.31. The van der Waals surface area contributed by atoms with Gasteiger partial charge in [0.25, 0.3) is 5.24 Å². The van der Waals surface area contributed by atoms with Crippen molar-refractivity contribution in [1.29, 1.82) is 0 Å². The molecule has 3 aromatic rings. The largest absolute Gasteiger partial charge is 0.460 e. The molecule has 0 atom stereocenters. The first-order chi connectivity index (χ1) is 11.5. The lowest BCUT2D eigenvalue weighted by molar-refractivity contribution is 0.241. The zero-order chi connectivity index (χ0) is 17.3. The van der Waals surface area contributed by atoms with Gasteiger partial charge in [-0.25, -0.2) is 0 Å². The van der Waals surface area contributed by atoms with Gasteiger partial charge in [0.1, 0.15) is 11.3 Å². The minimum absolute atomic E-state index is 0.0598. The molecule has 122 valence electrons. The molecule has 24 heavy (non-hydrogen) atoms. The highest BCUT2D eigenvalue weighted by Crippen LogP contribution is 2.28. The summed E-state index contributed by atoms with van der Waals surface area (Å²) in [5.74, 6) is 0.569. The molecule has 1 amide bonds. The summed E-state index contributed by atoms with van der Waals surface area (Å²) in [5, 5.41) is 0.440. The van der Waals surface area contributed by atoms with E-state index in [-0.39, 0.29) is 10.7 Å². The second-order valence-electron chi connectivity index (χ2n) is 5.65. The minimum atomic E-state index is -0.0747. The van der Waals surface area contributed by atoms with Gasteiger partial charge in [0.2, 0.25) is 5.43 Å². The third-order valence-electron chi connectivity index (χ3n) is 3.67. The van der Waals surface area contributed by atoms with Gasteiger partial charge in [-0.2, -0.15) is 0 Å². The summed E-state index contributed by atoms with van der Waals surface area (Å²) < 4.78 is 5.87. The maximum Gasteiger partial charge on any atom is 0.285 e. The summed E-state index contributed by atoms with van der Waals surface area (Å²) in [6.45, 7) is 1.79. The quantitative estimate of drug-likeness (QED) is 0.643. The zero-order valence-corrected chi connectivity index (χ0v) is 14.5. The predicted octanol–water partition coefficient (Wildman–Crippen LogP) is 4.54. The highest BCUT2D eigenvalue weighted by Gasteiger charge is 2.14. The van der Waals surface area contributed by atoms with Crippen molar-refractivity contribution in [3.05, 3.63) is 64.5 Å². The van der Waals surface area contributed by atoms with Gasteiger partial charge in [-0.05, 0) is 42.4 Å². The Morgan fingerprint density at radius 3 is 2.46 bits per heavy atom. The molecule has 5 heteroatoms. The van der Waals surface area contributed by atoms with Crippen molar-refractivity contribution >= 4 is 28.0 Å². The second-order valence-corrected chi connectivity index (χ2v) is 6.67. The number of aryl methyl sites for hydroxylation is 1. The highest BCUT2D eigenvalue weighted by molar-refractivity contribution is 8.13. The Bertz CT molecular complexity index is 962. The molecule has 0 aliphatic carbocycles. The van der Waals surface area contributed by atoms with Crippen LogP contribution in [0, 0.1) is 6.92 Å². The number of carbonyl (C=O) groups is 1.